The van der Waals surface area contributed by atoms with Crippen molar-refractivity contribution in [3.8, 4) is 5.75 Å². The van der Waals surface area contributed by atoms with Crippen LogP contribution in [0, 0.1) is 0 Å². The summed E-state index contributed by atoms with van der Waals surface area (Å²) in [6, 6.07) is 13.9. The number of aromatic nitrogens is 2. The number of hydrogen-bond donors (Lipinski definition) is 1. The summed E-state index contributed by atoms with van der Waals surface area (Å²) in [5, 5.41) is 3.14. The highest BCUT2D eigenvalue weighted by Gasteiger charge is 2.22. The summed E-state index contributed by atoms with van der Waals surface area (Å²) in [6.45, 7) is 0.643. The molecule has 1 atom stereocenters. The van der Waals surface area contributed by atoms with Crippen molar-refractivity contribution in [2.24, 2.45) is 0 Å². The highest BCUT2D eigenvalue weighted by atomic mass is 32.2. The summed E-state index contributed by atoms with van der Waals surface area (Å²) >= 11 is 1.74. The number of nitrogens with one attached hydrogen (secondary N) is 1. The lowest BCUT2D eigenvalue weighted by Gasteiger charge is -2.26. The molecule has 0 radical (unpaired) electrons. The highest BCUT2D eigenvalue weighted by Crippen LogP contribution is 2.31. The predicted molar refractivity (Wildman–Crippen MR) is 103 cm³/mol. The Labute approximate surface area is 156 Å². The number of amides is 1. The summed E-state index contributed by atoms with van der Waals surface area (Å²) in [5.74, 6) is 2.57. The molecule has 0 saturated carbocycles. The van der Waals surface area contributed by atoms with Crippen LogP contribution in [0.25, 0.3) is 5.65 Å². The second-order valence-electron chi connectivity index (χ2n) is 6.30. The molecule has 134 valence electrons. The largest absolute Gasteiger partial charge is 0.493 e. The normalized spacial score (nSPS) is 16.1. The summed E-state index contributed by atoms with van der Waals surface area (Å²) in [4.78, 5) is 16.9. The van der Waals surface area contributed by atoms with Crippen molar-refractivity contribution in [3.05, 3.63) is 66.1 Å². The van der Waals surface area contributed by atoms with E-state index in [-0.39, 0.29) is 11.9 Å². The molecule has 6 heteroatoms. The van der Waals surface area contributed by atoms with Crippen molar-refractivity contribution in [1.82, 2.24) is 14.7 Å². The number of pyridine rings is 1. The molecular formula is C20H21N3O2S. The van der Waals surface area contributed by atoms with Gasteiger partial charge in [-0.2, -0.15) is 11.8 Å². The van der Waals surface area contributed by atoms with Crippen LogP contribution in [0.5, 0.6) is 5.75 Å². The van der Waals surface area contributed by atoms with Gasteiger partial charge in [0, 0.05) is 42.3 Å². The third kappa shape index (κ3) is 3.85. The molecule has 0 fully saturated rings. The van der Waals surface area contributed by atoms with Crippen LogP contribution in [0.3, 0.4) is 0 Å². The average molecular weight is 367 g/mol. The molecule has 3 heterocycles. The topological polar surface area (TPSA) is 55.6 Å². The second kappa shape index (κ2) is 7.83. The summed E-state index contributed by atoms with van der Waals surface area (Å²) in [6.07, 6.45) is 5.37. The number of hydrogen-bond acceptors (Lipinski definition) is 4. The number of carbonyl (C=O) groups is 1. The Hall–Kier alpha value is -2.47. The zero-order chi connectivity index (χ0) is 17.8. The molecule has 4 rings (SSSR count). The van der Waals surface area contributed by atoms with Gasteiger partial charge in [-0.05, 0) is 18.2 Å². The van der Waals surface area contributed by atoms with Crippen LogP contribution in [0.1, 0.15) is 30.1 Å². The van der Waals surface area contributed by atoms with Crippen molar-refractivity contribution in [1.29, 1.82) is 0 Å². The van der Waals surface area contributed by atoms with Gasteiger partial charge in [-0.15, -0.1) is 0 Å². The number of para-hydroxylation sites is 1. The molecule has 1 amide bonds. The zero-order valence-electron chi connectivity index (χ0n) is 14.4. The van der Waals surface area contributed by atoms with E-state index in [2.05, 4.69) is 10.3 Å². The number of carbonyl (C=O) groups excluding carboxylic acids is 1. The van der Waals surface area contributed by atoms with E-state index in [9.17, 15) is 4.79 Å². The minimum absolute atomic E-state index is 0.0517. The van der Waals surface area contributed by atoms with Crippen LogP contribution in [0.2, 0.25) is 0 Å². The number of fused-ring (bicyclic) bond motifs is 2. The van der Waals surface area contributed by atoms with Gasteiger partial charge in [-0.3, -0.25) is 4.79 Å². The van der Waals surface area contributed by atoms with Gasteiger partial charge in [0.05, 0.1) is 18.3 Å². The Morgan fingerprint density at radius 2 is 2.15 bits per heavy atom. The number of rotatable bonds is 6. The fourth-order valence-corrected chi connectivity index (χ4v) is 3.98. The third-order valence-corrected chi connectivity index (χ3v) is 5.42. The van der Waals surface area contributed by atoms with Gasteiger partial charge in [0.1, 0.15) is 11.4 Å². The Kier molecular flexibility index (Phi) is 5.11. The lowest BCUT2D eigenvalue weighted by molar-refractivity contribution is -0.121. The fourth-order valence-electron chi connectivity index (χ4n) is 3.16. The minimum Gasteiger partial charge on any atom is -0.493 e. The van der Waals surface area contributed by atoms with Gasteiger partial charge < -0.3 is 14.5 Å². The SMILES string of the molecule is O=C(CCSCc1cn2ccccc2n1)N[C@@H]1CCOc2ccccc21. The van der Waals surface area contributed by atoms with E-state index < -0.39 is 0 Å². The minimum atomic E-state index is 0.0517. The number of thioether (sulfide) groups is 1. The van der Waals surface area contributed by atoms with Crippen molar-refractivity contribution in [2.45, 2.75) is 24.6 Å². The molecule has 0 aliphatic carbocycles. The summed E-state index contributed by atoms with van der Waals surface area (Å²) in [7, 11) is 0. The maximum atomic E-state index is 12.3. The Morgan fingerprint density at radius 1 is 1.27 bits per heavy atom. The van der Waals surface area contributed by atoms with Gasteiger partial charge in [0.15, 0.2) is 0 Å². The molecule has 3 aromatic rings. The molecular weight excluding hydrogens is 346 g/mol. The smallest absolute Gasteiger partial charge is 0.221 e. The average Bonchev–Trinajstić information content (AvgIpc) is 3.08. The lowest BCUT2D eigenvalue weighted by Crippen LogP contribution is -2.32. The second-order valence-corrected chi connectivity index (χ2v) is 7.40. The van der Waals surface area contributed by atoms with Crippen LogP contribution < -0.4 is 10.1 Å². The first-order valence-corrected chi connectivity index (χ1v) is 9.96. The molecule has 1 aliphatic heterocycles. The number of ether oxygens (including phenoxy) is 1. The van der Waals surface area contributed by atoms with Gasteiger partial charge >= 0.3 is 0 Å². The van der Waals surface area contributed by atoms with E-state index in [4.69, 9.17) is 4.74 Å². The third-order valence-electron chi connectivity index (χ3n) is 4.43. The molecule has 1 aliphatic rings. The van der Waals surface area contributed by atoms with Crippen molar-refractivity contribution in [2.75, 3.05) is 12.4 Å². The van der Waals surface area contributed by atoms with Gasteiger partial charge in [-0.25, -0.2) is 4.98 Å². The van der Waals surface area contributed by atoms with E-state index in [0.29, 0.717) is 13.0 Å². The number of nitrogens with zero attached hydrogens (tertiary/aromatic N) is 2. The zero-order valence-corrected chi connectivity index (χ0v) is 15.2. The molecule has 26 heavy (non-hydrogen) atoms. The maximum Gasteiger partial charge on any atom is 0.221 e. The molecule has 0 saturated heterocycles. The molecule has 0 unspecified atom stereocenters. The highest BCUT2D eigenvalue weighted by molar-refractivity contribution is 7.98. The van der Waals surface area contributed by atoms with Crippen LogP contribution in [-0.2, 0) is 10.5 Å². The quantitative estimate of drug-likeness (QED) is 0.677. The lowest BCUT2D eigenvalue weighted by atomic mass is 10.0. The number of benzene rings is 1. The van der Waals surface area contributed by atoms with E-state index in [0.717, 1.165) is 40.6 Å². The number of imidazole rings is 1. The van der Waals surface area contributed by atoms with Crippen LogP contribution in [0.4, 0.5) is 0 Å². The molecule has 0 bridgehead atoms. The van der Waals surface area contributed by atoms with Crippen LogP contribution in [-0.4, -0.2) is 27.7 Å². The van der Waals surface area contributed by atoms with E-state index >= 15 is 0 Å². The Bertz CT molecular complexity index is 876. The van der Waals surface area contributed by atoms with E-state index in [1.807, 2.05) is 59.3 Å². The summed E-state index contributed by atoms with van der Waals surface area (Å²) < 4.78 is 7.66. The molecule has 1 N–H and O–H groups in total. The molecule has 5 nitrogen and oxygen atoms in total. The van der Waals surface area contributed by atoms with Crippen molar-refractivity contribution >= 4 is 23.3 Å². The van der Waals surface area contributed by atoms with Crippen LogP contribution in [0.15, 0.2) is 54.9 Å². The Balaban J connectivity index is 1.24. The van der Waals surface area contributed by atoms with Gasteiger partial charge in [0.2, 0.25) is 5.91 Å². The molecule has 0 spiro atoms. The first-order chi connectivity index (χ1) is 12.8. The fraction of sp³-hybridized carbons (Fsp3) is 0.300. The molecule has 1 aromatic carbocycles. The Morgan fingerprint density at radius 3 is 3.08 bits per heavy atom. The predicted octanol–water partition coefficient (Wildman–Crippen LogP) is 3.60. The maximum absolute atomic E-state index is 12.3. The van der Waals surface area contributed by atoms with E-state index in [1.54, 1.807) is 11.8 Å². The van der Waals surface area contributed by atoms with Crippen molar-refractivity contribution < 1.29 is 9.53 Å². The molecule has 2 aromatic heterocycles. The summed E-state index contributed by atoms with van der Waals surface area (Å²) in [5.41, 5.74) is 3.07. The standard InChI is InChI=1S/C20H21N3O2S/c24-20(22-17-8-11-25-18-6-2-1-5-16(17)18)9-12-26-14-15-13-23-10-4-3-7-19(23)21-15/h1-7,10,13,17H,8-9,11-12,14H2,(H,22,24)/t17-/m1/s1. The first-order valence-electron chi connectivity index (χ1n) is 8.81. The van der Waals surface area contributed by atoms with Gasteiger partial charge in [0.25, 0.3) is 0 Å². The van der Waals surface area contributed by atoms with Crippen molar-refractivity contribution in [3.63, 3.8) is 0 Å². The monoisotopic (exact) mass is 367 g/mol. The first kappa shape index (κ1) is 17.0. The van der Waals surface area contributed by atoms with Crippen LogP contribution >= 0.6 is 11.8 Å². The van der Waals surface area contributed by atoms with E-state index in [1.165, 1.54) is 0 Å². The van der Waals surface area contributed by atoms with Gasteiger partial charge in [-0.1, -0.05) is 24.3 Å².